The number of nitrogens with zero attached hydrogens (tertiary/aromatic N) is 1. The Morgan fingerprint density at radius 1 is 1.46 bits per heavy atom. The molecule has 0 aromatic carbocycles. The first kappa shape index (κ1) is 20.1. The van der Waals surface area contributed by atoms with Gasteiger partial charge in [0.25, 0.3) is 0 Å². The molecule has 28 heavy (non-hydrogen) atoms. The Labute approximate surface area is 170 Å². The molecule has 2 amide bonds. The summed E-state index contributed by atoms with van der Waals surface area (Å²) in [5, 5.41) is 27.9. The van der Waals surface area contributed by atoms with Crippen LogP contribution < -0.4 is 10.6 Å². The highest BCUT2D eigenvalue weighted by molar-refractivity contribution is 7.16. The lowest BCUT2D eigenvalue weighted by Crippen LogP contribution is -2.33. The molecule has 2 aromatic rings. The number of aliphatic hydroxyl groups excluding tert-OH is 1. The quantitative estimate of drug-likeness (QED) is 0.626. The van der Waals surface area contributed by atoms with Crippen LogP contribution in [0.3, 0.4) is 0 Å². The van der Waals surface area contributed by atoms with Crippen molar-refractivity contribution in [2.45, 2.75) is 25.4 Å². The number of ether oxygens (including phenoxy) is 1. The Bertz CT molecular complexity index is 912. The molecule has 0 fully saturated rings. The molecule has 1 aliphatic rings. The zero-order valence-electron chi connectivity index (χ0n) is 14.9. The van der Waals surface area contributed by atoms with Crippen molar-refractivity contribution >= 4 is 45.8 Å². The van der Waals surface area contributed by atoms with Gasteiger partial charge in [0.05, 0.1) is 12.2 Å². The average Bonchev–Trinajstić information content (AvgIpc) is 3.31. The smallest absolute Gasteiger partial charge is 0.407 e. The molecule has 7 nitrogen and oxygen atoms in total. The number of anilines is 1. The molecule has 0 saturated carbocycles. The van der Waals surface area contributed by atoms with E-state index in [9.17, 15) is 14.9 Å². The topological polar surface area (TPSA) is 111 Å². The fourth-order valence-electron chi connectivity index (χ4n) is 2.91. The van der Waals surface area contributed by atoms with Crippen LogP contribution in [-0.4, -0.2) is 36.4 Å². The molecule has 2 heterocycles. The number of hydrogen-bond acceptors (Lipinski definition) is 7. The summed E-state index contributed by atoms with van der Waals surface area (Å²) in [5.74, 6) is -0.294. The van der Waals surface area contributed by atoms with Crippen LogP contribution >= 0.6 is 22.7 Å². The Morgan fingerprint density at radius 2 is 2.32 bits per heavy atom. The molecule has 3 rings (SSSR count). The van der Waals surface area contributed by atoms with Crippen LogP contribution in [0, 0.1) is 11.3 Å². The van der Waals surface area contributed by atoms with E-state index in [1.165, 1.54) is 17.4 Å². The highest BCUT2D eigenvalue weighted by Gasteiger charge is 2.28. The van der Waals surface area contributed by atoms with E-state index in [0.29, 0.717) is 29.8 Å². The third-order valence-electron chi connectivity index (χ3n) is 4.19. The van der Waals surface area contributed by atoms with E-state index in [1.54, 1.807) is 17.4 Å². The van der Waals surface area contributed by atoms with E-state index in [0.717, 1.165) is 16.0 Å². The molecule has 0 saturated heterocycles. The minimum Gasteiger partial charge on any atom is -0.446 e. The van der Waals surface area contributed by atoms with Gasteiger partial charge in [-0.25, -0.2) is 4.79 Å². The zero-order valence-corrected chi connectivity index (χ0v) is 16.6. The number of nitrogens with one attached hydrogen (secondary N) is 2. The standard InChI is InChI=1S/C19H19N3O4S2/c20-10-15-14-3-2-13(26-19(25)21-6-7-23)9-16(14)28-18(15)22-17(24)4-1-12-5-8-27-11-12/h1,4-5,8,11,13,23H,2-3,6-7,9H2,(H,21,25)(H,22,24)/b4-1+. The molecule has 0 bridgehead atoms. The van der Waals surface area contributed by atoms with Crippen LogP contribution in [0.25, 0.3) is 6.08 Å². The van der Waals surface area contributed by atoms with E-state index in [1.807, 2.05) is 16.8 Å². The number of alkyl carbamates (subject to hydrolysis) is 1. The van der Waals surface area contributed by atoms with Gasteiger partial charge >= 0.3 is 6.09 Å². The maximum absolute atomic E-state index is 12.2. The van der Waals surface area contributed by atoms with Crippen LogP contribution in [0.15, 0.2) is 22.9 Å². The number of carbonyl (C=O) groups is 2. The molecule has 1 unspecified atom stereocenters. The Balaban J connectivity index is 1.66. The summed E-state index contributed by atoms with van der Waals surface area (Å²) in [6, 6.07) is 4.10. The van der Waals surface area contributed by atoms with E-state index in [2.05, 4.69) is 16.7 Å². The minimum atomic E-state index is -0.563. The third kappa shape index (κ3) is 4.98. The van der Waals surface area contributed by atoms with Crippen molar-refractivity contribution in [2.24, 2.45) is 0 Å². The van der Waals surface area contributed by atoms with Gasteiger partial charge in [0.1, 0.15) is 17.2 Å². The summed E-state index contributed by atoms with van der Waals surface area (Å²) >= 11 is 2.90. The van der Waals surface area contributed by atoms with Crippen molar-refractivity contribution in [3.8, 4) is 6.07 Å². The van der Waals surface area contributed by atoms with Crippen molar-refractivity contribution in [3.05, 3.63) is 44.5 Å². The molecule has 0 spiro atoms. The van der Waals surface area contributed by atoms with Crippen molar-refractivity contribution in [1.29, 1.82) is 5.26 Å². The average molecular weight is 418 g/mol. The largest absolute Gasteiger partial charge is 0.446 e. The number of hydrogen-bond donors (Lipinski definition) is 3. The summed E-state index contributed by atoms with van der Waals surface area (Å²) in [4.78, 5) is 24.8. The SMILES string of the molecule is N#Cc1c(NC(=O)/C=C/c2ccsc2)sc2c1CCC(OC(=O)NCCO)C2. The highest BCUT2D eigenvalue weighted by atomic mass is 32.1. The van der Waals surface area contributed by atoms with Gasteiger partial charge in [0, 0.05) is 23.9 Å². The maximum Gasteiger partial charge on any atom is 0.407 e. The first-order valence-corrected chi connectivity index (χ1v) is 10.5. The van der Waals surface area contributed by atoms with Gasteiger partial charge in [-0.3, -0.25) is 4.79 Å². The highest BCUT2D eigenvalue weighted by Crippen LogP contribution is 2.38. The van der Waals surface area contributed by atoms with Gasteiger partial charge in [-0.2, -0.15) is 16.6 Å². The van der Waals surface area contributed by atoms with Crippen LogP contribution in [-0.2, 0) is 22.4 Å². The van der Waals surface area contributed by atoms with Crippen molar-refractivity contribution in [1.82, 2.24) is 5.32 Å². The maximum atomic E-state index is 12.2. The van der Waals surface area contributed by atoms with Crippen LogP contribution in [0.4, 0.5) is 9.80 Å². The summed E-state index contributed by atoms with van der Waals surface area (Å²) in [6.45, 7) is -0.00620. The number of carbonyl (C=O) groups excluding carboxylic acids is 2. The van der Waals surface area contributed by atoms with Gasteiger partial charge in [-0.05, 0) is 46.9 Å². The van der Waals surface area contributed by atoms with Crippen molar-refractivity contribution in [2.75, 3.05) is 18.5 Å². The van der Waals surface area contributed by atoms with Gasteiger partial charge in [0.2, 0.25) is 5.91 Å². The number of rotatable bonds is 6. The summed E-state index contributed by atoms with van der Waals surface area (Å²) in [6.07, 6.45) is 4.02. The molecular weight excluding hydrogens is 398 g/mol. The van der Waals surface area contributed by atoms with E-state index in [4.69, 9.17) is 9.84 Å². The van der Waals surface area contributed by atoms with E-state index < -0.39 is 6.09 Å². The minimum absolute atomic E-state index is 0.142. The van der Waals surface area contributed by atoms with Gasteiger partial charge in [0.15, 0.2) is 0 Å². The first-order chi connectivity index (χ1) is 13.6. The van der Waals surface area contributed by atoms with Gasteiger partial charge in [-0.15, -0.1) is 11.3 Å². The second kappa shape index (κ2) is 9.50. The molecule has 0 aliphatic heterocycles. The molecule has 1 atom stereocenters. The number of aliphatic hydroxyl groups is 1. The normalized spacial score (nSPS) is 15.6. The second-order valence-corrected chi connectivity index (χ2v) is 8.00. The predicted molar refractivity (Wildman–Crippen MR) is 108 cm³/mol. The lowest BCUT2D eigenvalue weighted by molar-refractivity contribution is -0.111. The number of thiophene rings is 2. The Kier molecular flexibility index (Phi) is 6.81. The zero-order chi connectivity index (χ0) is 19.9. The molecule has 9 heteroatoms. The molecule has 2 aromatic heterocycles. The van der Waals surface area contributed by atoms with Crippen LogP contribution in [0.2, 0.25) is 0 Å². The number of nitriles is 1. The molecule has 0 radical (unpaired) electrons. The lowest BCUT2D eigenvalue weighted by atomic mass is 9.94. The fraction of sp³-hybridized carbons (Fsp3) is 0.316. The summed E-state index contributed by atoms with van der Waals surface area (Å²) in [7, 11) is 0. The molecule has 1 aliphatic carbocycles. The van der Waals surface area contributed by atoms with Crippen LogP contribution in [0.1, 0.15) is 28.0 Å². The molecule has 146 valence electrons. The fourth-order valence-corrected chi connectivity index (χ4v) is 4.80. The lowest BCUT2D eigenvalue weighted by Gasteiger charge is -2.22. The van der Waals surface area contributed by atoms with Crippen molar-refractivity contribution in [3.63, 3.8) is 0 Å². The Hall–Kier alpha value is -2.67. The summed E-state index contributed by atoms with van der Waals surface area (Å²) < 4.78 is 5.36. The molecule has 3 N–H and O–H groups in total. The number of amides is 2. The van der Waals surface area contributed by atoms with Gasteiger partial charge < -0.3 is 20.5 Å². The first-order valence-electron chi connectivity index (χ1n) is 8.72. The monoisotopic (exact) mass is 417 g/mol. The van der Waals surface area contributed by atoms with E-state index >= 15 is 0 Å². The van der Waals surface area contributed by atoms with Crippen molar-refractivity contribution < 1.29 is 19.4 Å². The van der Waals surface area contributed by atoms with Crippen LogP contribution in [0.5, 0.6) is 0 Å². The predicted octanol–water partition coefficient (Wildman–Crippen LogP) is 2.91. The Morgan fingerprint density at radius 3 is 3.04 bits per heavy atom. The third-order valence-corrected chi connectivity index (χ3v) is 6.07. The summed E-state index contributed by atoms with van der Waals surface area (Å²) in [5.41, 5.74) is 2.35. The van der Waals surface area contributed by atoms with Gasteiger partial charge in [-0.1, -0.05) is 0 Å². The number of fused-ring (bicyclic) bond motifs is 1. The van der Waals surface area contributed by atoms with E-state index in [-0.39, 0.29) is 25.2 Å². The molecular formula is C19H19N3O4S2. The second-order valence-electron chi connectivity index (χ2n) is 6.12.